The van der Waals surface area contributed by atoms with E-state index in [1.165, 1.54) is 36.4 Å². The number of hydrogen-bond acceptors (Lipinski definition) is 4. The lowest BCUT2D eigenvalue weighted by Crippen LogP contribution is -2.30. The average molecular weight is 375 g/mol. The van der Waals surface area contributed by atoms with Crippen LogP contribution in [0.5, 0.6) is 0 Å². The second kappa shape index (κ2) is 7.57. The van der Waals surface area contributed by atoms with Gasteiger partial charge in [-0.25, -0.2) is 8.42 Å². The predicted octanol–water partition coefficient (Wildman–Crippen LogP) is 2.03. The van der Waals surface area contributed by atoms with Crippen LogP contribution in [0.3, 0.4) is 0 Å². The molecule has 0 saturated carbocycles. The zero-order valence-corrected chi connectivity index (χ0v) is 15.6. The Kier molecular flexibility index (Phi) is 5.66. The molecule has 2 amide bonds. The molecule has 0 spiro atoms. The summed E-state index contributed by atoms with van der Waals surface area (Å²) < 4.78 is 27.6. The number of sulfonamides is 1. The highest BCUT2D eigenvalue weighted by Crippen LogP contribution is 2.20. The van der Waals surface area contributed by atoms with Crippen molar-refractivity contribution in [2.24, 2.45) is 5.73 Å². The molecule has 138 valence electrons. The van der Waals surface area contributed by atoms with Crippen LogP contribution < -0.4 is 15.8 Å². The highest BCUT2D eigenvalue weighted by Gasteiger charge is 2.18. The van der Waals surface area contributed by atoms with Gasteiger partial charge < -0.3 is 11.1 Å². The molecule has 0 radical (unpaired) electrons. The van der Waals surface area contributed by atoms with Crippen molar-refractivity contribution in [3.05, 3.63) is 59.2 Å². The van der Waals surface area contributed by atoms with Gasteiger partial charge in [0.25, 0.3) is 15.9 Å². The second-order valence-corrected chi connectivity index (χ2v) is 7.83. The number of hydrogen-bond donors (Lipinski definition) is 3. The number of primary amides is 1. The van der Waals surface area contributed by atoms with Gasteiger partial charge in [-0.05, 0) is 62.7 Å². The third-order valence-electron chi connectivity index (χ3n) is 3.61. The number of aryl methyl sites for hydroxylation is 1. The van der Waals surface area contributed by atoms with Crippen molar-refractivity contribution in [3.8, 4) is 0 Å². The minimum absolute atomic E-state index is 0.0315. The van der Waals surface area contributed by atoms with Crippen molar-refractivity contribution in [2.45, 2.75) is 31.7 Å². The van der Waals surface area contributed by atoms with E-state index in [1.807, 2.05) is 13.8 Å². The second-order valence-electron chi connectivity index (χ2n) is 6.15. The van der Waals surface area contributed by atoms with Crippen LogP contribution in [0.1, 0.15) is 40.1 Å². The summed E-state index contributed by atoms with van der Waals surface area (Å²) in [5.74, 6) is -0.931. The van der Waals surface area contributed by atoms with Crippen molar-refractivity contribution in [1.29, 1.82) is 0 Å². The summed E-state index contributed by atoms with van der Waals surface area (Å²) in [5.41, 5.74) is 6.69. The van der Waals surface area contributed by atoms with E-state index < -0.39 is 15.9 Å². The number of rotatable bonds is 6. The molecule has 0 aromatic heterocycles. The Balaban J connectivity index is 2.31. The minimum atomic E-state index is -3.89. The van der Waals surface area contributed by atoms with Crippen LogP contribution in [0.15, 0.2) is 47.4 Å². The zero-order chi connectivity index (χ0) is 19.5. The largest absolute Gasteiger partial charge is 0.366 e. The first-order chi connectivity index (χ1) is 12.1. The number of anilines is 1. The highest BCUT2D eigenvalue weighted by atomic mass is 32.2. The summed E-state index contributed by atoms with van der Waals surface area (Å²) in [6.45, 7) is 5.39. The third-order valence-corrected chi connectivity index (χ3v) is 4.98. The lowest BCUT2D eigenvalue weighted by molar-refractivity contribution is 0.0941. The Labute approximate surface area is 152 Å². The van der Waals surface area contributed by atoms with Gasteiger partial charge in [0.15, 0.2) is 0 Å². The molecule has 7 nitrogen and oxygen atoms in total. The molecule has 0 unspecified atom stereocenters. The molecule has 4 N–H and O–H groups in total. The zero-order valence-electron chi connectivity index (χ0n) is 14.7. The first-order valence-corrected chi connectivity index (χ1v) is 9.42. The Hall–Kier alpha value is -2.87. The van der Waals surface area contributed by atoms with Gasteiger partial charge in [-0.3, -0.25) is 14.3 Å². The fraction of sp³-hybridized carbons (Fsp3) is 0.222. The van der Waals surface area contributed by atoms with Crippen LogP contribution in [0.2, 0.25) is 0 Å². The fourth-order valence-electron chi connectivity index (χ4n) is 2.27. The van der Waals surface area contributed by atoms with Gasteiger partial charge in [0.1, 0.15) is 0 Å². The van der Waals surface area contributed by atoms with Crippen molar-refractivity contribution >= 4 is 27.5 Å². The SMILES string of the molecule is Cc1ccc(S(=O)(=O)Nc2ccc(C(N)=O)cc2)cc1C(=O)NC(C)C. The van der Waals surface area contributed by atoms with Crippen LogP contribution in [-0.2, 0) is 10.0 Å². The van der Waals surface area contributed by atoms with E-state index in [0.717, 1.165) is 0 Å². The normalized spacial score (nSPS) is 11.2. The van der Waals surface area contributed by atoms with Gasteiger partial charge >= 0.3 is 0 Å². The first kappa shape index (κ1) is 19.5. The topological polar surface area (TPSA) is 118 Å². The molecule has 0 atom stereocenters. The number of benzene rings is 2. The average Bonchev–Trinajstić information content (AvgIpc) is 2.54. The van der Waals surface area contributed by atoms with Crippen molar-refractivity contribution in [2.75, 3.05) is 4.72 Å². The maximum absolute atomic E-state index is 12.6. The summed E-state index contributed by atoms with van der Waals surface area (Å²) in [6.07, 6.45) is 0. The van der Waals surface area contributed by atoms with E-state index in [0.29, 0.717) is 11.1 Å². The molecule has 0 aliphatic carbocycles. The van der Waals surface area contributed by atoms with Gasteiger partial charge in [-0.1, -0.05) is 6.07 Å². The van der Waals surface area contributed by atoms with Crippen LogP contribution in [0.4, 0.5) is 5.69 Å². The summed E-state index contributed by atoms with van der Waals surface area (Å²) in [6, 6.07) is 10.0. The maximum atomic E-state index is 12.6. The number of carbonyl (C=O) groups excluding carboxylic acids is 2. The summed E-state index contributed by atoms with van der Waals surface area (Å²) in [5, 5.41) is 2.75. The fourth-order valence-corrected chi connectivity index (χ4v) is 3.35. The van der Waals surface area contributed by atoms with Crippen LogP contribution >= 0.6 is 0 Å². The number of nitrogens with two attached hydrogens (primary N) is 1. The van der Waals surface area contributed by atoms with E-state index in [1.54, 1.807) is 13.0 Å². The minimum Gasteiger partial charge on any atom is -0.366 e. The molecule has 0 aliphatic heterocycles. The standard InChI is InChI=1S/C18H21N3O4S/c1-11(2)20-18(23)16-10-15(9-4-12(16)3)26(24,25)21-14-7-5-13(6-8-14)17(19)22/h4-11,21H,1-3H3,(H2,19,22)(H,20,23). The van der Waals surface area contributed by atoms with Gasteiger partial charge in [-0.2, -0.15) is 0 Å². The van der Waals surface area contributed by atoms with Gasteiger partial charge in [0, 0.05) is 22.9 Å². The number of nitrogens with one attached hydrogen (secondary N) is 2. The van der Waals surface area contributed by atoms with Gasteiger partial charge in [0.05, 0.1) is 4.90 Å². The molecule has 0 heterocycles. The Bertz CT molecular complexity index is 935. The van der Waals surface area contributed by atoms with E-state index in [9.17, 15) is 18.0 Å². The van der Waals surface area contributed by atoms with Gasteiger partial charge in [0.2, 0.25) is 5.91 Å². The Morgan fingerprint density at radius 3 is 2.19 bits per heavy atom. The van der Waals surface area contributed by atoms with E-state index in [2.05, 4.69) is 10.0 Å². The van der Waals surface area contributed by atoms with Crippen molar-refractivity contribution in [3.63, 3.8) is 0 Å². The molecule has 2 aromatic carbocycles. The molecule has 2 rings (SSSR count). The van der Waals surface area contributed by atoms with Crippen LogP contribution in [0.25, 0.3) is 0 Å². The summed E-state index contributed by atoms with van der Waals surface area (Å²) in [7, 11) is -3.89. The smallest absolute Gasteiger partial charge is 0.261 e. The van der Waals surface area contributed by atoms with Gasteiger partial charge in [-0.15, -0.1) is 0 Å². The van der Waals surface area contributed by atoms with Crippen LogP contribution in [0, 0.1) is 6.92 Å². The maximum Gasteiger partial charge on any atom is 0.261 e. The number of carbonyl (C=O) groups is 2. The van der Waals surface area contributed by atoms with E-state index in [-0.39, 0.29) is 28.1 Å². The van der Waals surface area contributed by atoms with Crippen LogP contribution in [-0.4, -0.2) is 26.3 Å². The Morgan fingerprint density at radius 1 is 1.04 bits per heavy atom. The predicted molar refractivity (Wildman–Crippen MR) is 99.5 cm³/mol. The molecule has 0 aliphatic rings. The summed E-state index contributed by atoms with van der Waals surface area (Å²) in [4.78, 5) is 23.3. The third kappa shape index (κ3) is 4.60. The molecule has 2 aromatic rings. The van der Waals surface area contributed by atoms with Crippen molar-refractivity contribution < 1.29 is 18.0 Å². The molecule has 0 saturated heterocycles. The summed E-state index contributed by atoms with van der Waals surface area (Å²) >= 11 is 0. The number of amides is 2. The monoisotopic (exact) mass is 375 g/mol. The quantitative estimate of drug-likeness (QED) is 0.716. The highest BCUT2D eigenvalue weighted by molar-refractivity contribution is 7.92. The molecule has 8 heteroatoms. The van der Waals surface area contributed by atoms with E-state index >= 15 is 0 Å². The molecular formula is C18H21N3O4S. The lowest BCUT2D eigenvalue weighted by Gasteiger charge is -2.13. The Morgan fingerprint density at radius 2 is 1.65 bits per heavy atom. The molecule has 26 heavy (non-hydrogen) atoms. The molecular weight excluding hydrogens is 354 g/mol. The lowest BCUT2D eigenvalue weighted by atomic mass is 10.1. The first-order valence-electron chi connectivity index (χ1n) is 7.94. The van der Waals surface area contributed by atoms with Crippen molar-refractivity contribution in [1.82, 2.24) is 5.32 Å². The molecule has 0 fully saturated rings. The van der Waals surface area contributed by atoms with E-state index in [4.69, 9.17) is 5.73 Å². The molecule has 0 bridgehead atoms.